The van der Waals surface area contributed by atoms with Gasteiger partial charge in [0, 0.05) is 23.7 Å². The smallest absolute Gasteiger partial charge is 0.225 e. The highest BCUT2D eigenvalue weighted by Crippen LogP contribution is 2.36. The lowest BCUT2D eigenvalue weighted by Crippen LogP contribution is -2.32. The summed E-state index contributed by atoms with van der Waals surface area (Å²) in [6, 6.07) is 9.99. The Morgan fingerprint density at radius 3 is 2.68 bits per heavy atom. The molecule has 176 valence electrons. The fourth-order valence-electron chi connectivity index (χ4n) is 4.26. The predicted molar refractivity (Wildman–Crippen MR) is 135 cm³/mol. The number of fused-ring (bicyclic) bond motifs is 1. The molecule has 2 aromatic carbocycles. The number of benzene rings is 2. The first kappa shape index (κ1) is 23.3. The zero-order chi connectivity index (χ0) is 23.7. The number of aromatic nitrogens is 4. The lowest BCUT2D eigenvalue weighted by Gasteiger charge is -2.24. The van der Waals surface area contributed by atoms with Gasteiger partial charge in [-0.15, -0.1) is 0 Å². The van der Waals surface area contributed by atoms with Crippen LogP contribution in [0.3, 0.4) is 0 Å². The Morgan fingerprint density at radius 1 is 1.12 bits per heavy atom. The minimum atomic E-state index is -0.383. The SMILES string of the molecule is Fc1cc(Cl)ccc1CNc1ncc2nc(-c3c(Cl)cccc3Cl)n(C[C@@H]3CCCNC3)c2n1. The maximum Gasteiger partial charge on any atom is 0.225 e. The van der Waals surface area contributed by atoms with E-state index in [1.807, 2.05) is 6.07 Å². The van der Waals surface area contributed by atoms with Crippen molar-refractivity contribution in [2.75, 3.05) is 18.4 Å². The monoisotopic (exact) mass is 518 g/mol. The van der Waals surface area contributed by atoms with Crippen molar-refractivity contribution in [1.29, 1.82) is 0 Å². The molecular weight excluding hydrogens is 498 g/mol. The van der Waals surface area contributed by atoms with Crippen LogP contribution in [0.5, 0.6) is 0 Å². The predicted octanol–water partition coefficient (Wildman–Crippen LogP) is 6.20. The molecule has 2 aromatic heterocycles. The van der Waals surface area contributed by atoms with Crippen LogP contribution in [0.1, 0.15) is 18.4 Å². The van der Waals surface area contributed by atoms with Crippen LogP contribution in [0.4, 0.5) is 10.3 Å². The second kappa shape index (κ2) is 10.0. The minimum Gasteiger partial charge on any atom is -0.350 e. The van der Waals surface area contributed by atoms with Gasteiger partial charge in [-0.2, -0.15) is 4.98 Å². The van der Waals surface area contributed by atoms with Gasteiger partial charge in [0.25, 0.3) is 0 Å². The highest BCUT2D eigenvalue weighted by atomic mass is 35.5. The molecule has 3 heterocycles. The number of imidazole rings is 1. The summed E-state index contributed by atoms with van der Waals surface area (Å²) in [5.41, 5.74) is 2.45. The quantitative estimate of drug-likeness (QED) is 0.317. The van der Waals surface area contributed by atoms with E-state index in [4.69, 9.17) is 44.8 Å². The van der Waals surface area contributed by atoms with E-state index in [0.717, 1.165) is 25.9 Å². The number of rotatable bonds is 6. The van der Waals surface area contributed by atoms with Crippen LogP contribution in [0, 0.1) is 11.7 Å². The third kappa shape index (κ3) is 4.84. The maximum absolute atomic E-state index is 14.2. The Hall–Kier alpha value is -2.45. The molecular formula is C24H22Cl3FN6. The maximum atomic E-state index is 14.2. The van der Waals surface area contributed by atoms with Gasteiger partial charge in [-0.1, -0.05) is 46.9 Å². The molecule has 1 fully saturated rings. The van der Waals surface area contributed by atoms with Gasteiger partial charge in [-0.25, -0.2) is 14.4 Å². The van der Waals surface area contributed by atoms with Crippen molar-refractivity contribution in [2.24, 2.45) is 5.92 Å². The van der Waals surface area contributed by atoms with Crippen molar-refractivity contribution in [2.45, 2.75) is 25.9 Å². The average Bonchev–Trinajstić information content (AvgIpc) is 3.16. The Balaban J connectivity index is 1.53. The van der Waals surface area contributed by atoms with Crippen LogP contribution in [0.15, 0.2) is 42.6 Å². The molecule has 0 unspecified atom stereocenters. The first-order chi connectivity index (χ1) is 16.5. The van der Waals surface area contributed by atoms with Gasteiger partial charge in [0.1, 0.15) is 17.2 Å². The molecule has 0 spiro atoms. The van der Waals surface area contributed by atoms with Gasteiger partial charge >= 0.3 is 0 Å². The molecule has 0 bridgehead atoms. The van der Waals surface area contributed by atoms with Crippen LogP contribution in [0.25, 0.3) is 22.6 Å². The zero-order valence-electron chi connectivity index (χ0n) is 18.2. The Morgan fingerprint density at radius 2 is 1.94 bits per heavy atom. The Labute approximate surface area is 211 Å². The van der Waals surface area contributed by atoms with Gasteiger partial charge in [0.15, 0.2) is 5.65 Å². The summed E-state index contributed by atoms with van der Waals surface area (Å²) in [6.07, 6.45) is 3.88. The van der Waals surface area contributed by atoms with Crippen LogP contribution in [-0.4, -0.2) is 32.6 Å². The summed E-state index contributed by atoms with van der Waals surface area (Å²) in [7, 11) is 0. The summed E-state index contributed by atoms with van der Waals surface area (Å²) in [5, 5.41) is 7.97. The molecule has 5 rings (SSSR count). The molecule has 2 N–H and O–H groups in total. The van der Waals surface area contributed by atoms with Crippen molar-refractivity contribution in [3.63, 3.8) is 0 Å². The average molecular weight is 520 g/mol. The molecule has 34 heavy (non-hydrogen) atoms. The number of halogens is 4. The molecule has 6 nitrogen and oxygen atoms in total. The summed E-state index contributed by atoms with van der Waals surface area (Å²) in [5.74, 6) is 1.07. The fraction of sp³-hybridized carbons (Fsp3) is 0.292. The molecule has 0 radical (unpaired) electrons. The summed E-state index contributed by atoms with van der Waals surface area (Å²) < 4.78 is 16.3. The fourth-order valence-corrected chi connectivity index (χ4v) is 4.98. The number of anilines is 1. The van der Waals surface area contributed by atoms with Crippen molar-refractivity contribution < 1.29 is 4.39 Å². The molecule has 1 aliphatic heterocycles. The molecule has 0 aliphatic carbocycles. The lowest BCUT2D eigenvalue weighted by atomic mass is 9.99. The topological polar surface area (TPSA) is 67.7 Å². The van der Waals surface area contributed by atoms with E-state index in [-0.39, 0.29) is 12.4 Å². The van der Waals surface area contributed by atoms with E-state index in [1.54, 1.807) is 30.5 Å². The number of nitrogens with zero attached hydrogens (tertiary/aromatic N) is 4. The van der Waals surface area contributed by atoms with Crippen molar-refractivity contribution >= 4 is 51.9 Å². The number of hydrogen-bond donors (Lipinski definition) is 2. The van der Waals surface area contributed by atoms with Crippen LogP contribution >= 0.6 is 34.8 Å². The van der Waals surface area contributed by atoms with Crippen LogP contribution in [-0.2, 0) is 13.1 Å². The third-order valence-electron chi connectivity index (χ3n) is 5.97. The van der Waals surface area contributed by atoms with Gasteiger partial charge in [0.2, 0.25) is 5.95 Å². The molecule has 1 saturated heterocycles. The molecule has 10 heteroatoms. The highest BCUT2D eigenvalue weighted by molar-refractivity contribution is 6.39. The molecule has 4 aromatic rings. The molecule has 0 saturated carbocycles. The first-order valence-corrected chi connectivity index (χ1v) is 12.2. The first-order valence-electron chi connectivity index (χ1n) is 11.1. The van der Waals surface area contributed by atoms with E-state index in [1.165, 1.54) is 6.07 Å². The number of hydrogen-bond acceptors (Lipinski definition) is 5. The van der Waals surface area contributed by atoms with E-state index in [2.05, 4.69) is 20.2 Å². The van der Waals surface area contributed by atoms with Crippen molar-refractivity contribution in [1.82, 2.24) is 24.8 Å². The second-order valence-electron chi connectivity index (χ2n) is 8.35. The van der Waals surface area contributed by atoms with Gasteiger partial charge in [0.05, 0.1) is 21.8 Å². The number of nitrogens with one attached hydrogen (secondary N) is 2. The summed E-state index contributed by atoms with van der Waals surface area (Å²) in [4.78, 5) is 13.9. The van der Waals surface area contributed by atoms with E-state index in [9.17, 15) is 4.39 Å². The normalized spacial score (nSPS) is 16.2. The standard InChI is InChI=1S/C24H22Cl3FN6/c25-16-7-6-15(19(28)9-16)11-30-24-31-12-20-22(33-24)34(13-14-3-2-8-29-10-14)23(32-20)21-17(26)4-1-5-18(21)27/h1,4-7,9,12,14,29H,2-3,8,10-11,13H2,(H,30,31,33)/t14-/m1/s1. The van der Waals surface area contributed by atoms with Crippen molar-refractivity contribution in [3.8, 4) is 11.4 Å². The second-order valence-corrected chi connectivity index (χ2v) is 9.60. The third-order valence-corrected chi connectivity index (χ3v) is 6.83. The van der Waals surface area contributed by atoms with Crippen molar-refractivity contribution in [3.05, 3.63) is 69.0 Å². The highest BCUT2D eigenvalue weighted by Gasteiger charge is 2.23. The lowest BCUT2D eigenvalue weighted by molar-refractivity contribution is 0.341. The van der Waals surface area contributed by atoms with Gasteiger partial charge in [-0.3, -0.25) is 0 Å². The Kier molecular flexibility index (Phi) is 6.88. The van der Waals surface area contributed by atoms with Crippen LogP contribution in [0.2, 0.25) is 15.1 Å². The zero-order valence-corrected chi connectivity index (χ0v) is 20.4. The van der Waals surface area contributed by atoms with Gasteiger partial charge in [-0.05, 0) is 56.1 Å². The van der Waals surface area contributed by atoms with E-state index in [0.29, 0.717) is 61.6 Å². The van der Waals surface area contributed by atoms with Crippen LogP contribution < -0.4 is 10.6 Å². The summed E-state index contributed by atoms with van der Waals surface area (Å²) >= 11 is 18.9. The molecule has 1 atom stereocenters. The van der Waals surface area contributed by atoms with E-state index < -0.39 is 0 Å². The van der Waals surface area contributed by atoms with Gasteiger partial charge < -0.3 is 15.2 Å². The number of piperidine rings is 1. The minimum absolute atomic E-state index is 0.221. The Bertz CT molecular complexity index is 1320. The summed E-state index contributed by atoms with van der Waals surface area (Å²) in [6.45, 7) is 2.88. The molecule has 1 aliphatic rings. The largest absolute Gasteiger partial charge is 0.350 e. The molecule has 0 amide bonds. The van der Waals surface area contributed by atoms with E-state index >= 15 is 0 Å².